The molecule has 44 heteroatoms. The van der Waals surface area contributed by atoms with Crippen molar-refractivity contribution in [2.45, 2.75) is 56.9 Å². The van der Waals surface area contributed by atoms with Crippen molar-refractivity contribution in [3.8, 4) is 160 Å². The van der Waals surface area contributed by atoms with Crippen molar-refractivity contribution in [1.82, 2.24) is 0 Å². The van der Waals surface area contributed by atoms with Gasteiger partial charge in [0.05, 0.1) is 187 Å². The van der Waals surface area contributed by atoms with Gasteiger partial charge in [-0.3, -0.25) is 24.2 Å². The van der Waals surface area contributed by atoms with Gasteiger partial charge in [0.2, 0.25) is 46.0 Å². The zero-order valence-corrected chi connectivity index (χ0v) is 83.1. The fraction of sp³-hybridized carbons (Fsp3) is 0.400. The third-order valence-electron chi connectivity index (χ3n) is 15.5. The molecular formula is C80H119Ar8BrO29P6. The largest absolute Gasteiger partial charge is 0.493 e. The van der Waals surface area contributed by atoms with Gasteiger partial charge in [-0.1, -0.05) is 66.9 Å². The Morgan fingerprint density at radius 3 is 0.629 bits per heavy atom. The zero-order valence-electron chi connectivity index (χ0n) is 69.7. The van der Waals surface area contributed by atoms with Crippen molar-refractivity contribution in [2.24, 2.45) is 0 Å². The summed E-state index contributed by atoms with van der Waals surface area (Å²) in [4.78, 5) is 0. The Hall–Kier alpha value is 1.03. The van der Waals surface area contributed by atoms with Crippen LogP contribution in [0.3, 0.4) is 0 Å². The van der Waals surface area contributed by atoms with E-state index in [1.165, 1.54) is 69.6 Å². The van der Waals surface area contributed by atoms with E-state index in [0.717, 1.165) is 31.5 Å². The average molecular weight is 2130 g/mol. The van der Waals surface area contributed by atoms with Crippen LogP contribution in [-0.2, 0) is 13.7 Å². The second kappa shape index (κ2) is 82.3. The quantitative estimate of drug-likeness (QED) is 0.0240. The number of ether oxygens (including phenoxy) is 24. The molecule has 0 saturated carbocycles. The molecule has 0 amide bonds. The molecular weight excluding hydrogens is 2010 g/mol. The first-order chi connectivity index (χ1) is 53.4. The van der Waals surface area contributed by atoms with E-state index in [0.29, 0.717) is 148 Å². The molecule has 0 saturated heterocycles. The van der Waals surface area contributed by atoms with E-state index >= 15 is 0 Å². The van der Waals surface area contributed by atoms with Crippen LogP contribution < -0.4 is 146 Å². The van der Waals surface area contributed by atoms with E-state index in [1.807, 2.05) is 48.5 Å². The molecule has 29 nitrogen and oxygen atoms in total. The molecule has 0 aromatic heterocycles. The van der Waals surface area contributed by atoms with Gasteiger partial charge in [0.1, 0.15) is 0 Å². The first-order valence-electron chi connectivity index (χ1n) is 32.0. The van der Waals surface area contributed by atoms with Crippen molar-refractivity contribution < 1.29 is 440 Å². The van der Waals surface area contributed by atoms with Crippen LogP contribution in [0.2, 0.25) is 0 Å². The minimum absolute atomic E-state index is 0. The Labute approximate surface area is 994 Å². The Bertz CT molecular complexity index is 4060. The van der Waals surface area contributed by atoms with Gasteiger partial charge < -0.3 is 114 Å². The molecule has 0 aliphatic heterocycles. The van der Waals surface area contributed by atoms with Crippen molar-refractivity contribution in [3.63, 3.8) is 0 Å². The van der Waals surface area contributed by atoms with E-state index in [9.17, 15) is 13.7 Å². The maximum Gasteiger partial charge on any atom is 0.203 e. The summed E-state index contributed by atoms with van der Waals surface area (Å²) in [6.07, 6.45) is 0. The fourth-order valence-corrected chi connectivity index (χ4v) is 13.3. The van der Waals surface area contributed by atoms with Gasteiger partial charge >= 0.3 is 0 Å². The molecule has 8 aromatic rings. The van der Waals surface area contributed by atoms with E-state index in [4.69, 9.17) is 124 Å². The minimum Gasteiger partial charge on any atom is -0.493 e. The summed E-state index contributed by atoms with van der Waals surface area (Å²) in [5, 5.41) is 15.9. The Kier molecular flexibility index (Phi) is 99.9. The van der Waals surface area contributed by atoms with Crippen molar-refractivity contribution in [1.29, 1.82) is 0 Å². The van der Waals surface area contributed by atoms with E-state index < -0.39 is 0 Å². The molecule has 0 aliphatic carbocycles. The molecule has 8 aromatic carbocycles. The first kappa shape index (κ1) is 151. The van der Waals surface area contributed by atoms with Gasteiger partial charge in [0.15, 0.2) is 117 Å². The Morgan fingerprint density at radius 2 is 0.435 bits per heavy atom. The van der Waals surface area contributed by atoms with Crippen LogP contribution in [-0.4, -0.2) is 181 Å². The van der Waals surface area contributed by atoms with Crippen molar-refractivity contribution in [3.05, 3.63) is 82.8 Å². The van der Waals surface area contributed by atoms with Crippen LogP contribution in [0.4, 0.5) is 0 Å². The predicted octanol–water partition coefficient (Wildman–Crippen LogP) is 17.0. The molecule has 2 N–H and O–H groups in total. The molecule has 0 spiro atoms. The van der Waals surface area contributed by atoms with Crippen LogP contribution in [0.15, 0.2) is 77.3 Å². The standard InChI is InChI=1S/C18H20O8P2.C18H24O6P2.C12H18O3.C9H11BrO3.C9H11O4P.C9H13O3P.5CH4.8Ar.H2O2/c1-21-9-7-11(27-19)13(17(25-5)15(9)23-3)14-12(28-20)8-10(22-2)16(24-4)18(14)26-6;1-19-9-7-11(25)13(17(23-5)15(9)21-3)14-12(26)8-10(20-2)16(22-4)18(14)24-6;1-8(2)9-6-10(13-3)12(15-5)11(7-9)14-4;1-11-7-4-6(10)5-8(12-2)9(7)13-3;1-11-7-4-6(14-10)5-8(12-2)9(7)13-3;1-10-7-4-6(13)5-8(11-2)9(7)12-3;;;;;;;;;;;;;;1-2/h7-8H,1-6H3;7-8H,25-26H2,1-6H3;6-8H,1-5H3;4-5H,1-3H3;4-5H,1-3H3;4-5H,13H2,1-3H3;5*1H4;;;;;;;;;1-2H. The van der Waals surface area contributed by atoms with Crippen molar-refractivity contribution in [2.75, 3.05) is 171 Å². The summed E-state index contributed by atoms with van der Waals surface area (Å²) in [5.74, 6) is 12.8. The summed E-state index contributed by atoms with van der Waals surface area (Å²) in [6, 6.07) is 21.4. The average Bonchev–Trinajstić information content (AvgIpc) is 0.754. The molecule has 8 rings (SSSR count). The maximum atomic E-state index is 12.0. The third-order valence-corrected chi connectivity index (χ3v) is 18.7. The molecule has 0 radical (unpaired) electrons. The number of halogens is 1. The van der Waals surface area contributed by atoms with Crippen LogP contribution >= 0.6 is 69.0 Å². The normalized spacial score (nSPS) is 8.98. The van der Waals surface area contributed by atoms with Gasteiger partial charge in [-0.2, -0.15) is 0 Å². The van der Waals surface area contributed by atoms with Gasteiger partial charge in [-0.25, -0.2) is 0 Å². The monoisotopic (exact) mass is 2130 g/mol. The summed E-state index contributed by atoms with van der Waals surface area (Å²) < 4.78 is 163. The number of hydrogen-bond acceptors (Lipinski definition) is 29. The topological polar surface area (TPSA) is 313 Å². The van der Waals surface area contributed by atoms with Crippen LogP contribution in [0, 0.1) is 302 Å². The third kappa shape index (κ3) is 41.1. The van der Waals surface area contributed by atoms with Crippen molar-refractivity contribution >= 4 is 101 Å². The summed E-state index contributed by atoms with van der Waals surface area (Å²) in [7, 11) is 44.4. The maximum absolute atomic E-state index is 12.0. The fourth-order valence-electron chi connectivity index (χ4n) is 10.5. The first-order valence-corrected chi connectivity index (χ1v) is 37.0. The molecule has 0 heterocycles. The molecule has 3 unspecified atom stereocenters. The molecule has 0 bridgehead atoms. The SMILES string of the molecule is C.C.C.C.C.COc1cc(Br)cc(OC)c1OC.COc1cc(C(C)C)cc(OC)c1OC.COc1cc(P)c(-c2c(P)cc(OC)c(OC)c2OC)c(OC)c1OC.COc1cc(P)cc(OC)c1OC.COc1cc(P=O)c(-c2c(P=O)cc(OC)c(OC)c2OC)c(OC)c1OC.COc1cc(P=O)cc(OC)c1OC.OO.[Ar].[Ar].[Ar].[Ar].[Ar].[Ar].[Ar].[Ar]. The Morgan fingerprint density at radius 1 is 0.250 bits per heavy atom. The van der Waals surface area contributed by atoms with Crippen LogP contribution in [0.1, 0.15) is 62.5 Å². The number of benzene rings is 8. The number of rotatable bonds is 30. The van der Waals surface area contributed by atoms with Crippen LogP contribution in [0.5, 0.6) is 138 Å². The minimum atomic E-state index is -0.312. The molecule has 0 aliphatic rings. The summed E-state index contributed by atoms with van der Waals surface area (Å²) in [5.41, 5.74) is 3.49. The van der Waals surface area contributed by atoms with E-state index in [2.05, 4.69) is 57.5 Å². The zero-order chi connectivity index (χ0) is 83.9. The van der Waals surface area contributed by atoms with Crippen LogP contribution in [0.25, 0.3) is 22.3 Å². The number of hydrogen-bond donors (Lipinski definition) is 2. The number of methoxy groups -OCH3 is 24. The molecule has 0 fully saturated rings. The summed E-state index contributed by atoms with van der Waals surface area (Å²) >= 11 is 3.34. The second-order valence-corrected chi connectivity index (χ2v) is 26.2. The molecule has 124 heavy (non-hydrogen) atoms. The molecule has 3 atom stereocenters. The second-order valence-electron chi connectivity index (χ2n) is 21.4. The van der Waals surface area contributed by atoms with Gasteiger partial charge in [-0.15, -0.1) is 27.7 Å². The molecule has 714 valence electrons. The Balaban J connectivity index is -0.000000122. The van der Waals surface area contributed by atoms with Gasteiger partial charge in [0.25, 0.3) is 0 Å². The van der Waals surface area contributed by atoms with Gasteiger partial charge in [-0.05, 0) is 100 Å². The predicted molar refractivity (Wildman–Crippen MR) is 477 cm³/mol. The van der Waals surface area contributed by atoms with Gasteiger partial charge in [0, 0.05) is 329 Å². The smallest absolute Gasteiger partial charge is 0.203 e. The van der Waals surface area contributed by atoms with E-state index in [1.54, 1.807) is 131 Å². The summed E-state index contributed by atoms with van der Waals surface area (Å²) in [6.45, 7) is 4.25. The van der Waals surface area contributed by atoms with E-state index in [-0.39, 0.29) is 387 Å².